The Morgan fingerprint density at radius 2 is 1.76 bits per heavy atom. The highest BCUT2D eigenvalue weighted by Gasteiger charge is 2.17. The Bertz CT molecular complexity index is 587. The van der Waals surface area contributed by atoms with Crippen molar-refractivity contribution in [2.45, 2.75) is 32.4 Å². The van der Waals surface area contributed by atoms with Crippen LogP contribution in [0.2, 0.25) is 0 Å². The third-order valence-electron chi connectivity index (χ3n) is 3.24. The molecular formula is C17H21BrN2O. The largest absolute Gasteiger partial charge is 0.491 e. The molecule has 3 N–H and O–H groups in total. The number of hydrazine groups is 1. The van der Waals surface area contributed by atoms with Crippen molar-refractivity contribution in [3.63, 3.8) is 0 Å². The standard InChI is InChI=1S/C17H21BrN2O/c1-12(2)21-17-10-6-4-8-14(17)16(20-19)11-13-7-3-5-9-15(13)18/h3-10,12,16,20H,11,19H2,1-2H3. The highest BCUT2D eigenvalue weighted by atomic mass is 79.9. The first-order valence-corrected chi connectivity index (χ1v) is 7.86. The third-order valence-corrected chi connectivity index (χ3v) is 4.01. The molecule has 21 heavy (non-hydrogen) atoms. The van der Waals surface area contributed by atoms with E-state index in [1.54, 1.807) is 0 Å². The Morgan fingerprint density at radius 3 is 2.43 bits per heavy atom. The number of halogens is 1. The summed E-state index contributed by atoms with van der Waals surface area (Å²) in [4.78, 5) is 0. The minimum absolute atomic E-state index is 0.00125. The minimum atomic E-state index is -0.00125. The molecule has 2 aromatic carbocycles. The number of nitrogens with two attached hydrogens (primary N) is 1. The second-order valence-electron chi connectivity index (χ2n) is 5.22. The van der Waals surface area contributed by atoms with Gasteiger partial charge in [-0.2, -0.15) is 0 Å². The fourth-order valence-electron chi connectivity index (χ4n) is 2.27. The maximum atomic E-state index is 5.89. The quantitative estimate of drug-likeness (QED) is 0.613. The van der Waals surface area contributed by atoms with Crippen molar-refractivity contribution in [1.82, 2.24) is 5.43 Å². The van der Waals surface area contributed by atoms with Crippen molar-refractivity contribution < 1.29 is 4.74 Å². The average Bonchev–Trinajstić information content (AvgIpc) is 2.47. The predicted octanol–water partition coefficient (Wildman–Crippen LogP) is 3.98. The van der Waals surface area contributed by atoms with Gasteiger partial charge < -0.3 is 4.74 Å². The fraction of sp³-hybridized carbons (Fsp3) is 0.294. The summed E-state index contributed by atoms with van der Waals surface area (Å²) >= 11 is 3.59. The van der Waals surface area contributed by atoms with Crippen molar-refractivity contribution in [3.8, 4) is 5.75 Å². The van der Waals surface area contributed by atoms with Crippen molar-refractivity contribution in [2.24, 2.45) is 5.84 Å². The van der Waals surface area contributed by atoms with Crippen LogP contribution in [-0.2, 0) is 6.42 Å². The molecule has 0 heterocycles. The fourth-order valence-corrected chi connectivity index (χ4v) is 2.72. The number of benzene rings is 2. The summed E-state index contributed by atoms with van der Waals surface area (Å²) in [6.07, 6.45) is 0.921. The molecule has 2 rings (SSSR count). The molecule has 0 fully saturated rings. The smallest absolute Gasteiger partial charge is 0.124 e. The van der Waals surface area contributed by atoms with Crippen LogP contribution in [0.15, 0.2) is 53.0 Å². The van der Waals surface area contributed by atoms with Crippen molar-refractivity contribution in [1.29, 1.82) is 0 Å². The summed E-state index contributed by atoms with van der Waals surface area (Å²) in [6.45, 7) is 4.05. The van der Waals surface area contributed by atoms with E-state index in [4.69, 9.17) is 10.6 Å². The highest BCUT2D eigenvalue weighted by molar-refractivity contribution is 9.10. The molecule has 2 aromatic rings. The molecule has 0 aliphatic heterocycles. The van der Waals surface area contributed by atoms with Crippen LogP contribution < -0.4 is 16.0 Å². The maximum Gasteiger partial charge on any atom is 0.124 e. The van der Waals surface area contributed by atoms with E-state index in [2.05, 4.69) is 33.5 Å². The topological polar surface area (TPSA) is 47.3 Å². The van der Waals surface area contributed by atoms with Crippen molar-refractivity contribution in [2.75, 3.05) is 0 Å². The Kier molecular flexibility index (Phi) is 5.79. The van der Waals surface area contributed by atoms with Gasteiger partial charge >= 0.3 is 0 Å². The lowest BCUT2D eigenvalue weighted by atomic mass is 9.98. The summed E-state index contributed by atoms with van der Waals surface area (Å²) < 4.78 is 6.98. The number of hydrogen-bond donors (Lipinski definition) is 2. The first kappa shape index (κ1) is 16.0. The van der Waals surface area contributed by atoms with E-state index < -0.39 is 0 Å². The zero-order chi connectivity index (χ0) is 15.2. The minimum Gasteiger partial charge on any atom is -0.491 e. The molecule has 4 heteroatoms. The van der Waals surface area contributed by atoms with Crippen LogP contribution in [0.1, 0.15) is 31.0 Å². The Labute approximate surface area is 134 Å². The zero-order valence-corrected chi connectivity index (χ0v) is 13.9. The monoisotopic (exact) mass is 348 g/mol. The average molecular weight is 349 g/mol. The number of ether oxygens (including phenoxy) is 1. The molecule has 0 amide bonds. The SMILES string of the molecule is CC(C)Oc1ccccc1C(Cc1ccccc1Br)NN. The Morgan fingerprint density at radius 1 is 1.10 bits per heavy atom. The molecule has 0 bridgehead atoms. The van der Waals surface area contributed by atoms with Crippen LogP contribution in [0.3, 0.4) is 0 Å². The van der Waals surface area contributed by atoms with E-state index in [9.17, 15) is 0 Å². The van der Waals surface area contributed by atoms with E-state index >= 15 is 0 Å². The van der Waals surface area contributed by atoms with Crippen LogP contribution in [0.25, 0.3) is 0 Å². The van der Waals surface area contributed by atoms with Gasteiger partial charge in [0.1, 0.15) is 5.75 Å². The number of nitrogens with one attached hydrogen (secondary N) is 1. The normalized spacial score (nSPS) is 12.4. The molecule has 1 atom stereocenters. The molecule has 0 spiro atoms. The van der Waals surface area contributed by atoms with Crippen molar-refractivity contribution in [3.05, 3.63) is 64.1 Å². The van der Waals surface area contributed by atoms with Gasteiger partial charge in [-0.3, -0.25) is 11.3 Å². The van der Waals surface area contributed by atoms with Crippen LogP contribution in [0.4, 0.5) is 0 Å². The van der Waals surface area contributed by atoms with Gasteiger partial charge in [-0.1, -0.05) is 52.3 Å². The second kappa shape index (κ2) is 7.59. The van der Waals surface area contributed by atoms with Gasteiger partial charge in [0.25, 0.3) is 0 Å². The summed E-state index contributed by atoms with van der Waals surface area (Å²) in [5, 5.41) is 0. The van der Waals surface area contributed by atoms with E-state index in [0.717, 1.165) is 22.2 Å². The van der Waals surface area contributed by atoms with Gasteiger partial charge in [0.15, 0.2) is 0 Å². The van der Waals surface area contributed by atoms with Crippen LogP contribution in [0, 0.1) is 0 Å². The summed E-state index contributed by atoms with van der Waals surface area (Å²) in [5.41, 5.74) is 5.19. The molecule has 0 aliphatic rings. The van der Waals surface area contributed by atoms with E-state index in [-0.39, 0.29) is 12.1 Å². The van der Waals surface area contributed by atoms with Gasteiger partial charge in [0.05, 0.1) is 12.1 Å². The molecule has 1 unspecified atom stereocenters. The first-order chi connectivity index (χ1) is 10.1. The summed E-state index contributed by atoms with van der Waals surface area (Å²) in [5.74, 6) is 6.66. The van der Waals surface area contributed by atoms with Crippen LogP contribution >= 0.6 is 15.9 Å². The van der Waals surface area contributed by atoms with E-state index in [1.165, 1.54) is 5.56 Å². The van der Waals surface area contributed by atoms with E-state index in [0.29, 0.717) is 0 Å². The van der Waals surface area contributed by atoms with Crippen LogP contribution in [-0.4, -0.2) is 6.10 Å². The molecule has 0 radical (unpaired) electrons. The lowest BCUT2D eigenvalue weighted by molar-refractivity contribution is 0.237. The Balaban J connectivity index is 2.27. The maximum absolute atomic E-state index is 5.89. The molecule has 112 valence electrons. The van der Waals surface area contributed by atoms with E-state index in [1.807, 2.05) is 50.2 Å². The van der Waals surface area contributed by atoms with Crippen molar-refractivity contribution >= 4 is 15.9 Å². The summed E-state index contributed by atoms with van der Waals surface area (Å²) in [7, 11) is 0. The van der Waals surface area contributed by atoms with Gasteiger partial charge in [0, 0.05) is 10.0 Å². The highest BCUT2D eigenvalue weighted by Crippen LogP contribution is 2.29. The lowest BCUT2D eigenvalue weighted by Gasteiger charge is -2.21. The second-order valence-corrected chi connectivity index (χ2v) is 6.07. The van der Waals surface area contributed by atoms with Crippen LogP contribution in [0.5, 0.6) is 5.75 Å². The van der Waals surface area contributed by atoms with Gasteiger partial charge in [-0.25, -0.2) is 0 Å². The third kappa shape index (κ3) is 4.30. The molecule has 0 aromatic heterocycles. The lowest BCUT2D eigenvalue weighted by Crippen LogP contribution is -2.30. The molecule has 3 nitrogen and oxygen atoms in total. The zero-order valence-electron chi connectivity index (χ0n) is 12.3. The summed E-state index contributed by atoms with van der Waals surface area (Å²) in [6, 6.07) is 16.2. The molecular weight excluding hydrogens is 328 g/mol. The van der Waals surface area contributed by atoms with Gasteiger partial charge in [-0.15, -0.1) is 0 Å². The number of hydrogen-bond acceptors (Lipinski definition) is 3. The van der Waals surface area contributed by atoms with Gasteiger partial charge in [-0.05, 0) is 38.0 Å². The molecule has 0 saturated carbocycles. The molecule has 0 aliphatic carbocycles. The Hall–Kier alpha value is -1.36. The predicted molar refractivity (Wildman–Crippen MR) is 90.1 cm³/mol. The molecule has 0 saturated heterocycles. The number of para-hydroxylation sites is 1. The van der Waals surface area contributed by atoms with Gasteiger partial charge in [0.2, 0.25) is 0 Å². The first-order valence-electron chi connectivity index (χ1n) is 7.07. The number of rotatable bonds is 6.